The van der Waals surface area contributed by atoms with E-state index in [4.69, 9.17) is 14.3 Å². The summed E-state index contributed by atoms with van der Waals surface area (Å²) in [4.78, 5) is 4.51. The lowest BCUT2D eigenvalue weighted by atomic mass is 10.2. The van der Waals surface area contributed by atoms with Crippen molar-refractivity contribution in [3.8, 4) is 17.1 Å². The summed E-state index contributed by atoms with van der Waals surface area (Å²) in [7, 11) is -3.79. The van der Waals surface area contributed by atoms with Gasteiger partial charge in [-0.15, -0.1) is 5.10 Å². The molecule has 0 radical (unpaired) electrons. The molecule has 1 aromatic heterocycles. The summed E-state index contributed by atoms with van der Waals surface area (Å²) in [6.45, 7) is 7.04. The highest BCUT2D eigenvalue weighted by molar-refractivity contribution is 7.61. The lowest BCUT2D eigenvalue weighted by molar-refractivity contribution is -0.991. The molecule has 1 heterocycles. The molecular weight excluding hydrogens is 407 g/mol. The van der Waals surface area contributed by atoms with Crippen LogP contribution in [0, 0.1) is 5.21 Å². The summed E-state index contributed by atoms with van der Waals surface area (Å²) in [6, 6.07) is 15.5. The first-order chi connectivity index (χ1) is 14.2. The van der Waals surface area contributed by atoms with Gasteiger partial charge in [-0.3, -0.25) is 4.57 Å². The van der Waals surface area contributed by atoms with Crippen molar-refractivity contribution in [3.63, 3.8) is 0 Å². The van der Waals surface area contributed by atoms with E-state index in [0.29, 0.717) is 11.5 Å². The van der Waals surface area contributed by atoms with Crippen molar-refractivity contribution < 1.29 is 24.0 Å². The Morgan fingerprint density at radius 1 is 1.00 bits per heavy atom. The van der Waals surface area contributed by atoms with Gasteiger partial charge in [-0.25, -0.2) is 9.89 Å². The minimum absolute atomic E-state index is 0.0499. The van der Waals surface area contributed by atoms with Gasteiger partial charge < -0.3 is 14.3 Å². The molecule has 2 aromatic carbocycles. The summed E-state index contributed by atoms with van der Waals surface area (Å²) < 4.78 is 26.3. The standard InChI is InChI=1S/C20H25N4O5P/c1-14(2)28-30(27,29-15(3)4)20-21-19(16-8-6-5-7-9-16)23(22-20)17-10-12-18(13-11-17)24(25)26/h5-15,24-25H,1-4H3. The van der Waals surface area contributed by atoms with Crippen LogP contribution in [0.2, 0.25) is 0 Å². The molecule has 0 aliphatic rings. The van der Waals surface area contributed by atoms with Gasteiger partial charge in [0.05, 0.1) is 17.9 Å². The fraction of sp³-hybridized carbons (Fsp3) is 0.300. The second kappa shape index (κ2) is 9.18. The lowest BCUT2D eigenvalue weighted by Gasteiger charge is -2.19. The van der Waals surface area contributed by atoms with Crippen LogP contribution in [0.4, 0.5) is 5.69 Å². The minimum atomic E-state index is -3.79. The Morgan fingerprint density at radius 3 is 2.07 bits per heavy atom. The van der Waals surface area contributed by atoms with Crippen molar-refractivity contribution in [2.75, 3.05) is 0 Å². The van der Waals surface area contributed by atoms with Crippen molar-refractivity contribution in [1.29, 1.82) is 0 Å². The molecular formula is C20H25N4O5P. The highest BCUT2D eigenvalue weighted by Crippen LogP contribution is 2.48. The quantitative estimate of drug-likeness (QED) is 0.415. The first-order valence-electron chi connectivity index (χ1n) is 9.53. The van der Waals surface area contributed by atoms with E-state index in [0.717, 1.165) is 5.56 Å². The molecule has 2 N–H and O–H groups in total. The molecule has 3 rings (SSSR count). The number of rotatable bonds is 8. The van der Waals surface area contributed by atoms with Crippen LogP contribution in [0.5, 0.6) is 0 Å². The highest BCUT2D eigenvalue weighted by Gasteiger charge is 2.36. The van der Waals surface area contributed by atoms with Gasteiger partial charge in [0.1, 0.15) is 0 Å². The Bertz CT molecular complexity index is 1010. The highest BCUT2D eigenvalue weighted by atomic mass is 31.2. The average Bonchev–Trinajstić information content (AvgIpc) is 3.14. The summed E-state index contributed by atoms with van der Waals surface area (Å²) in [5.74, 6) is 0.439. The second-order valence-corrected chi connectivity index (χ2v) is 8.99. The Labute approximate surface area is 175 Å². The number of nitrogens with one attached hydrogen (secondary N) is 1. The Kier molecular flexibility index (Phi) is 6.82. The third kappa shape index (κ3) is 5.02. The van der Waals surface area contributed by atoms with Crippen LogP contribution in [-0.2, 0) is 13.6 Å². The van der Waals surface area contributed by atoms with Crippen molar-refractivity contribution >= 4 is 18.8 Å². The van der Waals surface area contributed by atoms with Crippen LogP contribution < -0.4 is 10.8 Å². The van der Waals surface area contributed by atoms with Crippen molar-refractivity contribution in [3.05, 3.63) is 59.8 Å². The van der Waals surface area contributed by atoms with Crippen LogP contribution in [0.3, 0.4) is 0 Å². The molecule has 0 amide bonds. The summed E-state index contributed by atoms with van der Waals surface area (Å²) >= 11 is 0. The van der Waals surface area contributed by atoms with E-state index in [1.54, 1.807) is 39.8 Å². The smallest absolute Gasteiger partial charge is 0.400 e. The van der Waals surface area contributed by atoms with Gasteiger partial charge in [-0.2, -0.15) is 10.2 Å². The zero-order valence-electron chi connectivity index (χ0n) is 17.2. The maximum atomic E-state index is 13.5. The van der Waals surface area contributed by atoms with Crippen molar-refractivity contribution in [1.82, 2.24) is 14.8 Å². The van der Waals surface area contributed by atoms with Gasteiger partial charge in [0.15, 0.2) is 11.5 Å². The number of quaternary nitrogens is 1. The van der Waals surface area contributed by atoms with Gasteiger partial charge in [0, 0.05) is 17.7 Å². The molecule has 0 aliphatic heterocycles. The van der Waals surface area contributed by atoms with Crippen molar-refractivity contribution in [2.45, 2.75) is 39.9 Å². The first-order valence-corrected chi connectivity index (χ1v) is 11.1. The molecule has 30 heavy (non-hydrogen) atoms. The summed E-state index contributed by atoms with van der Waals surface area (Å²) in [5.41, 5.74) is 1.42. The Balaban J connectivity index is 2.16. The molecule has 0 bridgehead atoms. The molecule has 0 saturated heterocycles. The number of hydrogen-bond donors (Lipinski definition) is 2. The van der Waals surface area contributed by atoms with Crippen LogP contribution in [-0.4, -0.2) is 32.2 Å². The van der Waals surface area contributed by atoms with Gasteiger partial charge in [0.2, 0.25) is 0 Å². The molecule has 0 fully saturated rings. The molecule has 1 unspecified atom stereocenters. The van der Waals surface area contributed by atoms with Gasteiger partial charge in [-0.05, 0) is 39.8 Å². The minimum Gasteiger partial charge on any atom is -0.595 e. The van der Waals surface area contributed by atoms with Crippen LogP contribution in [0.1, 0.15) is 27.7 Å². The van der Waals surface area contributed by atoms with E-state index >= 15 is 0 Å². The Morgan fingerprint density at radius 2 is 1.57 bits per heavy atom. The normalized spacial score (nSPS) is 13.2. The van der Waals surface area contributed by atoms with E-state index in [1.807, 2.05) is 30.3 Å². The summed E-state index contributed by atoms with van der Waals surface area (Å²) in [5, 5.41) is 23.8. The van der Waals surface area contributed by atoms with Crippen LogP contribution in [0.15, 0.2) is 54.6 Å². The third-order valence-corrected chi connectivity index (χ3v) is 6.01. The van der Waals surface area contributed by atoms with E-state index < -0.39 is 12.8 Å². The van der Waals surface area contributed by atoms with E-state index in [-0.39, 0.29) is 23.5 Å². The van der Waals surface area contributed by atoms with E-state index in [1.165, 1.54) is 16.8 Å². The molecule has 3 aromatic rings. The number of nitrogens with zero attached hydrogens (tertiary/aromatic N) is 3. The van der Waals surface area contributed by atoms with Gasteiger partial charge in [0.25, 0.3) is 5.57 Å². The lowest BCUT2D eigenvalue weighted by Crippen LogP contribution is -2.99. The number of hydrogen-bond acceptors (Lipinski definition) is 7. The zero-order valence-corrected chi connectivity index (χ0v) is 18.1. The van der Waals surface area contributed by atoms with Gasteiger partial charge >= 0.3 is 7.60 Å². The zero-order chi connectivity index (χ0) is 21.9. The molecule has 1 atom stereocenters. The molecule has 0 aliphatic carbocycles. The fourth-order valence-corrected chi connectivity index (χ4v) is 4.56. The van der Waals surface area contributed by atoms with E-state index in [9.17, 15) is 9.77 Å². The predicted molar refractivity (Wildman–Crippen MR) is 112 cm³/mol. The predicted octanol–water partition coefficient (Wildman–Crippen LogP) is 3.01. The molecule has 0 spiro atoms. The maximum absolute atomic E-state index is 13.5. The topological polar surface area (TPSA) is 114 Å². The molecule has 160 valence electrons. The van der Waals surface area contributed by atoms with Crippen molar-refractivity contribution in [2.24, 2.45) is 0 Å². The number of aromatic nitrogens is 3. The maximum Gasteiger partial charge on any atom is 0.400 e. The van der Waals surface area contributed by atoms with E-state index in [2.05, 4.69) is 10.1 Å². The average molecular weight is 432 g/mol. The number of benzene rings is 2. The first kappa shape index (κ1) is 22.3. The molecule has 10 heteroatoms. The second-order valence-electron chi connectivity index (χ2n) is 7.17. The van der Waals surface area contributed by atoms with Crippen LogP contribution in [0.25, 0.3) is 17.1 Å². The summed E-state index contributed by atoms with van der Waals surface area (Å²) in [6.07, 6.45) is -0.729. The van der Waals surface area contributed by atoms with Crippen LogP contribution >= 0.6 is 7.60 Å². The largest absolute Gasteiger partial charge is 0.595 e. The third-order valence-electron chi connectivity index (χ3n) is 3.93. The Hall–Kier alpha value is -2.39. The molecule has 9 nitrogen and oxygen atoms in total. The molecule has 0 saturated carbocycles. The SMILES string of the molecule is CC(C)OP(=O)(OC(C)C)c1nc(-c2ccccc2)n(-c2ccc([NH+]([O-])O)cc2)n1. The fourth-order valence-electron chi connectivity index (χ4n) is 2.79. The van der Waals surface area contributed by atoms with Gasteiger partial charge in [-0.1, -0.05) is 30.3 Å². The monoisotopic (exact) mass is 432 g/mol.